The van der Waals surface area contributed by atoms with Crippen LogP contribution in [0.5, 0.6) is 17.2 Å². The van der Waals surface area contributed by atoms with Crippen molar-refractivity contribution in [1.29, 1.82) is 0 Å². The lowest BCUT2D eigenvalue weighted by Gasteiger charge is -2.25. The molecule has 26 heavy (non-hydrogen) atoms. The SMILES string of the molecule is COc1ccc(S(=O)(=O)N[C@H](c2ccc3c(c2)OCCO3)C(C)C)cc1. The molecule has 1 heterocycles. The van der Waals surface area contributed by atoms with Gasteiger partial charge in [0.05, 0.1) is 12.0 Å². The highest BCUT2D eigenvalue weighted by atomic mass is 32.2. The van der Waals surface area contributed by atoms with Gasteiger partial charge in [-0.3, -0.25) is 0 Å². The van der Waals surface area contributed by atoms with Crippen LogP contribution in [-0.2, 0) is 10.0 Å². The molecule has 1 aliphatic rings. The van der Waals surface area contributed by atoms with E-state index in [1.807, 2.05) is 32.0 Å². The van der Waals surface area contributed by atoms with Crippen molar-refractivity contribution in [3.05, 3.63) is 48.0 Å². The molecule has 0 amide bonds. The van der Waals surface area contributed by atoms with Gasteiger partial charge >= 0.3 is 0 Å². The number of ether oxygens (including phenoxy) is 3. The second-order valence-electron chi connectivity index (χ2n) is 6.42. The van der Waals surface area contributed by atoms with Crippen molar-refractivity contribution in [2.24, 2.45) is 5.92 Å². The highest BCUT2D eigenvalue weighted by Crippen LogP contribution is 2.35. The Morgan fingerprint density at radius 3 is 2.27 bits per heavy atom. The van der Waals surface area contributed by atoms with E-state index < -0.39 is 16.1 Å². The molecular formula is C19H23NO5S. The van der Waals surface area contributed by atoms with E-state index in [1.54, 1.807) is 19.2 Å². The van der Waals surface area contributed by atoms with Crippen LogP contribution < -0.4 is 18.9 Å². The maximum absolute atomic E-state index is 12.8. The monoisotopic (exact) mass is 377 g/mol. The van der Waals surface area contributed by atoms with E-state index in [1.165, 1.54) is 12.1 Å². The fraction of sp³-hybridized carbons (Fsp3) is 0.368. The minimum absolute atomic E-state index is 0.0468. The van der Waals surface area contributed by atoms with Gasteiger partial charge in [-0.15, -0.1) is 0 Å². The zero-order valence-electron chi connectivity index (χ0n) is 15.1. The minimum atomic E-state index is -3.68. The van der Waals surface area contributed by atoms with Crippen LogP contribution in [0.1, 0.15) is 25.5 Å². The van der Waals surface area contributed by atoms with Gasteiger partial charge in [0.15, 0.2) is 11.5 Å². The smallest absolute Gasteiger partial charge is 0.241 e. The predicted octanol–water partition coefficient (Wildman–Crippen LogP) is 3.14. The Bertz CT molecular complexity index is 862. The zero-order valence-corrected chi connectivity index (χ0v) is 15.9. The van der Waals surface area contributed by atoms with E-state index in [4.69, 9.17) is 14.2 Å². The summed E-state index contributed by atoms with van der Waals surface area (Å²) in [7, 11) is -2.14. The van der Waals surface area contributed by atoms with Crippen LogP contribution in [0.4, 0.5) is 0 Å². The molecule has 0 aromatic heterocycles. The number of sulfonamides is 1. The number of methoxy groups -OCH3 is 1. The normalized spacial score (nSPS) is 14.9. The van der Waals surface area contributed by atoms with Gasteiger partial charge in [0, 0.05) is 6.04 Å². The summed E-state index contributed by atoms with van der Waals surface area (Å²) in [5, 5.41) is 0. The molecule has 2 aromatic carbocycles. The number of nitrogens with one attached hydrogen (secondary N) is 1. The summed E-state index contributed by atoms with van der Waals surface area (Å²) in [6.45, 7) is 4.94. The first-order valence-corrected chi connectivity index (χ1v) is 9.95. The molecule has 0 unspecified atom stereocenters. The summed E-state index contributed by atoms with van der Waals surface area (Å²) < 4.78 is 44.6. The van der Waals surface area contributed by atoms with Crippen LogP contribution in [0, 0.1) is 5.92 Å². The van der Waals surface area contributed by atoms with E-state index in [2.05, 4.69) is 4.72 Å². The Morgan fingerprint density at radius 1 is 1.00 bits per heavy atom. The summed E-state index contributed by atoms with van der Waals surface area (Å²) >= 11 is 0. The number of rotatable bonds is 6. The van der Waals surface area contributed by atoms with Crippen LogP contribution in [0.3, 0.4) is 0 Å². The molecular weight excluding hydrogens is 354 g/mol. The Labute approximate surface area is 154 Å². The van der Waals surface area contributed by atoms with Crippen molar-refractivity contribution >= 4 is 10.0 Å². The Morgan fingerprint density at radius 2 is 1.65 bits per heavy atom. The molecule has 0 radical (unpaired) electrons. The lowest BCUT2D eigenvalue weighted by atomic mass is 9.97. The van der Waals surface area contributed by atoms with E-state index in [0.717, 1.165) is 5.56 Å². The van der Waals surface area contributed by atoms with Crippen LogP contribution in [0.15, 0.2) is 47.4 Å². The van der Waals surface area contributed by atoms with E-state index in [-0.39, 0.29) is 10.8 Å². The van der Waals surface area contributed by atoms with Gasteiger partial charge in [-0.05, 0) is 47.9 Å². The van der Waals surface area contributed by atoms with Crippen molar-refractivity contribution in [2.45, 2.75) is 24.8 Å². The number of hydrogen-bond donors (Lipinski definition) is 1. The predicted molar refractivity (Wildman–Crippen MR) is 98.3 cm³/mol. The molecule has 3 rings (SSSR count). The second kappa shape index (κ2) is 7.55. The fourth-order valence-electron chi connectivity index (χ4n) is 2.83. The molecule has 1 aliphatic heterocycles. The van der Waals surface area contributed by atoms with Gasteiger partial charge in [0.25, 0.3) is 0 Å². The summed E-state index contributed by atoms with van der Waals surface area (Å²) in [6.07, 6.45) is 0. The topological polar surface area (TPSA) is 73.9 Å². The Balaban J connectivity index is 1.88. The number of hydrogen-bond acceptors (Lipinski definition) is 5. The third kappa shape index (κ3) is 3.94. The van der Waals surface area contributed by atoms with Gasteiger partial charge in [-0.25, -0.2) is 13.1 Å². The van der Waals surface area contributed by atoms with Crippen LogP contribution >= 0.6 is 0 Å². The first-order valence-electron chi connectivity index (χ1n) is 8.46. The molecule has 1 N–H and O–H groups in total. The molecule has 7 heteroatoms. The zero-order chi connectivity index (χ0) is 18.7. The molecule has 0 bridgehead atoms. The number of fused-ring (bicyclic) bond motifs is 1. The molecule has 140 valence electrons. The summed E-state index contributed by atoms with van der Waals surface area (Å²) in [4.78, 5) is 0.196. The lowest BCUT2D eigenvalue weighted by molar-refractivity contribution is 0.171. The van der Waals surface area contributed by atoms with Crippen molar-refractivity contribution in [2.75, 3.05) is 20.3 Å². The molecule has 0 fully saturated rings. The molecule has 0 saturated carbocycles. The van der Waals surface area contributed by atoms with Gasteiger partial charge in [-0.2, -0.15) is 0 Å². The first kappa shape index (κ1) is 18.5. The van der Waals surface area contributed by atoms with E-state index >= 15 is 0 Å². The molecule has 0 aliphatic carbocycles. The van der Waals surface area contributed by atoms with E-state index in [0.29, 0.717) is 30.5 Å². The van der Waals surface area contributed by atoms with Gasteiger partial charge in [-0.1, -0.05) is 19.9 Å². The van der Waals surface area contributed by atoms with Crippen LogP contribution in [-0.4, -0.2) is 28.7 Å². The third-order valence-corrected chi connectivity index (χ3v) is 5.70. The molecule has 6 nitrogen and oxygen atoms in total. The number of benzene rings is 2. The van der Waals surface area contributed by atoms with Crippen LogP contribution in [0.2, 0.25) is 0 Å². The van der Waals surface area contributed by atoms with Crippen LogP contribution in [0.25, 0.3) is 0 Å². The Kier molecular flexibility index (Phi) is 5.38. The van der Waals surface area contributed by atoms with Crippen molar-refractivity contribution < 1.29 is 22.6 Å². The second-order valence-corrected chi connectivity index (χ2v) is 8.14. The van der Waals surface area contributed by atoms with Gasteiger partial charge < -0.3 is 14.2 Å². The maximum atomic E-state index is 12.8. The summed E-state index contributed by atoms with van der Waals surface area (Å²) in [5.41, 5.74) is 0.835. The fourth-order valence-corrected chi connectivity index (χ4v) is 4.21. The maximum Gasteiger partial charge on any atom is 0.241 e. The Hall–Kier alpha value is -2.25. The highest BCUT2D eigenvalue weighted by Gasteiger charge is 2.25. The first-order chi connectivity index (χ1) is 12.4. The van der Waals surface area contributed by atoms with Crippen molar-refractivity contribution in [1.82, 2.24) is 4.72 Å². The van der Waals surface area contributed by atoms with Gasteiger partial charge in [0.1, 0.15) is 19.0 Å². The molecule has 0 spiro atoms. The average molecular weight is 377 g/mol. The minimum Gasteiger partial charge on any atom is -0.497 e. The average Bonchev–Trinajstić information content (AvgIpc) is 2.65. The summed E-state index contributed by atoms with van der Waals surface area (Å²) in [6, 6.07) is 11.5. The van der Waals surface area contributed by atoms with Crippen molar-refractivity contribution in [3.8, 4) is 17.2 Å². The molecule has 2 aromatic rings. The van der Waals surface area contributed by atoms with Gasteiger partial charge in [0.2, 0.25) is 10.0 Å². The van der Waals surface area contributed by atoms with E-state index in [9.17, 15) is 8.42 Å². The summed E-state index contributed by atoms with van der Waals surface area (Å²) in [5.74, 6) is 1.98. The highest BCUT2D eigenvalue weighted by molar-refractivity contribution is 7.89. The van der Waals surface area contributed by atoms with Crippen molar-refractivity contribution in [3.63, 3.8) is 0 Å². The largest absolute Gasteiger partial charge is 0.497 e. The molecule has 1 atom stereocenters. The standard InChI is InChI=1S/C19H23NO5S/c1-13(2)19(14-4-9-17-18(12-14)25-11-10-24-17)20-26(21,22)16-7-5-15(23-3)6-8-16/h4-9,12-13,19-20H,10-11H2,1-3H3/t19-/m0/s1. The lowest BCUT2D eigenvalue weighted by Crippen LogP contribution is -2.32. The quantitative estimate of drug-likeness (QED) is 0.837. The third-order valence-electron chi connectivity index (χ3n) is 4.24. The molecule has 0 saturated heterocycles.